The molecule has 0 spiro atoms. The van der Waals surface area contributed by atoms with Crippen molar-refractivity contribution in [3.05, 3.63) is 95.1 Å². The zero-order valence-corrected chi connectivity index (χ0v) is 17.3. The van der Waals surface area contributed by atoms with Crippen molar-refractivity contribution in [2.45, 2.75) is 26.3 Å². The Morgan fingerprint density at radius 2 is 1.00 bits per heavy atom. The molecule has 5 rings (SSSR count). The molecular formula is C26H28N2O2. The largest absolute Gasteiger partial charge is 0.375 e. The Morgan fingerprint density at radius 1 is 0.567 bits per heavy atom. The lowest BCUT2D eigenvalue weighted by Crippen LogP contribution is -2.26. The second-order valence-corrected chi connectivity index (χ2v) is 8.02. The van der Waals surface area contributed by atoms with E-state index in [9.17, 15) is 0 Å². The molecule has 4 nitrogen and oxygen atoms in total. The van der Waals surface area contributed by atoms with E-state index in [1.54, 1.807) is 0 Å². The van der Waals surface area contributed by atoms with E-state index in [4.69, 9.17) is 9.47 Å². The first kappa shape index (κ1) is 19.2. The molecule has 0 atom stereocenters. The lowest BCUT2D eigenvalue weighted by molar-refractivity contribution is 0.132. The fraction of sp³-hybridized carbons (Fsp3) is 0.308. The molecular weight excluding hydrogens is 372 g/mol. The number of fused-ring (bicyclic) bond motifs is 2. The van der Waals surface area contributed by atoms with E-state index >= 15 is 0 Å². The SMILES string of the molecule is c1ccc2c(c1)COCCN2Cc1ccc(CN2CCOCc3ccccc32)cc1. The van der Waals surface area contributed by atoms with Crippen LogP contribution in [0.3, 0.4) is 0 Å². The smallest absolute Gasteiger partial charge is 0.0737 e. The first-order valence-corrected chi connectivity index (χ1v) is 10.8. The predicted octanol–water partition coefficient (Wildman–Crippen LogP) is 4.76. The van der Waals surface area contributed by atoms with Crippen molar-refractivity contribution in [1.82, 2.24) is 0 Å². The van der Waals surface area contributed by atoms with E-state index < -0.39 is 0 Å². The monoisotopic (exact) mass is 400 g/mol. The molecule has 0 N–H and O–H groups in total. The van der Waals surface area contributed by atoms with Crippen LogP contribution in [0.1, 0.15) is 22.3 Å². The Bertz CT molecular complexity index is 906. The molecule has 2 aliphatic rings. The minimum absolute atomic E-state index is 0.701. The highest BCUT2D eigenvalue weighted by Gasteiger charge is 2.17. The van der Waals surface area contributed by atoms with E-state index in [2.05, 4.69) is 82.6 Å². The fourth-order valence-corrected chi connectivity index (χ4v) is 4.36. The molecule has 0 unspecified atom stereocenters. The van der Waals surface area contributed by atoms with Crippen molar-refractivity contribution >= 4 is 11.4 Å². The van der Waals surface area contributed by atoms with E-state index in [1.165, 1.54) is 33.6 Å². The van der Waals surface area contributed by atoms with Crippen LogP contribution in [0.4, 0.5) is 11.4 Å². The molecule has 0 radical (unpaired) electrons. The van der Waals surface area contributed by atoms with E-state index in [0.717, 1.165) is 39.4 Å². The van der Waals surface area contributed by atoms with Crippen molar-refractivity contribution in [3.8, 4) is 0 Å². The zero-order chi connectivity index (χ0) is 20.2. The van der Waals surface area contributed by atoms with Gasteiger partial charge in [0, 0.05) is 48.7 Å². The van der Waals surface area contributed by atoms with Gasteiger partial charge in [-0.2, -0.15) is 0 Å². The van der Waals surface area contributed by atoms with Crippen LogP contribution in [0, 0.1) is 0 Å². The molecule has 2 aliphatic heterocycles. The van der Waals surface area contributed by atoms with Gasteiger partial charge in [0.05, 0.1) is 26.4 Å². The van der Waals surface area contributed by atoms with Crippen LogP contribution >= 0.6 is 0 Å². The second kappa shape index (κ2) is 8.90. The van der Waals surface area contributed by atoms with Gasteiger partial charge in [0.1, 0.15) is 0 Å². The van der Waals surface area contributed by atoms with Crippen molar-refractivity contribution in [2.24, 2.45) is 0 Å². The van der Waals surface area contributed by atoms with Crippen LogP contribution in [0.25, 0.3) is 0 Å². The maximum absolute atomic E-state index is 5.77. The van der Waals surface area contributed by atoms with Crippen molar-refractivity contribution in [2.75, 3.05) is 36.1 Å². The first-order chi connectivity index (χ1) is 14.9. The third-order valence-electron chi connectivity index (χ3n) is 5.96. The third kappa shape index (κ3) is 4.20. The Kier molecular flexibility index (Phi) is 5.69. The van der Waals surface area contributed by atoms with Crippen molar-refractivity contribution < 1.29 is 9.47 Å². The summed E-state index contributed by atoms with van der Waals surface area (Å²) in [5.41, 5.74) is 7.79. The van der Waals surface area contributed by atoms with Crippen LogP contribution in [0.5, 0.6) is 0 Å². The topological polar surface area (TPSA) is 24.9 Å². The number of nitrogens with zero attached hydrogens (tertiary/aromatic N) is 2. The molecule has 0 aromatic heterocycles. The summed E-state index contributed by atoms with van der Waals surface area (Å²) < 4.78 is 11.5. The molecule has 0 aliphatic carbocycles. The quantitative estimate of drug-likeness (QED) is 0.630. The molecule has 0 bridgehead atoms. The molecule has 0 fully saturated rings. The number of benzene rings is 3. The average molecular weight is 401 g/mol. The number of rotatable bonds is 4. The number of anilines is 2. The van der Waals surface area contributed by atoms with E-state index in [-0.39, 0.29) is 0 Å². The molecule has 2 heterocycles. The van der Waals surface area contributed by atoms with Crippen LogP contribution in [-0.2, 0) is 35.8 Å². The number of para-hydroxylation sites is 2. The fourth-order valence-electron chi connectivity index (χ4n) is 4.36. The van der Waals surface area contributed by atoms with Gasteiger partial charge in [0.2, 0.25) is 0 Å². The van der Waals surface area contributed by atoms with Gasteiger partial charge >= 0.3 is 0 Å². The normalized spacial score (nSPS) is 16.4. The minimum atomic E-state index is 0.701. The highest BCUT2D eigenvalue weighted by Crippen LogP contribution is 2.27. The molecule has 0 amide bonds. The molecule has 3 aromatic carbocycles. The third-order valence-corrected chi connectivity index (χ3v) is 5.96. The second-order valence-electron chi connectivity index (χ2n) is 8.02. The summed E-state index contributed by atoms with van der Waals surface area (Å²) in [5, 5.41) is 0. The van der Waals surface area contributed by atoms with Gasteiger partial charge in [-0.05, 0) is 23.3 Å². The van der Waals surface area contributed by atoms with E-state index in [0.29, 0.717) is 13.2 Å². The van der Waals surface area contributed by atoms with Gasteiger partial charge in [-0.3, -0.25) is 0 Å². The maximum Gasteiger partial charge on any atom is 0.0737 e. The lowest BCUT2D eigenvalue weighted by atomic mass is 10.1. The minimum Gasteiger partial charge on any atom is -0.375 e. The molecule has 3 aromatic rings. The average Bonchev–Trinajstić information content (AvgIpc) is 3.12. The molecule has 0 saturated carbocycles. The summed E-state index contributed by atoms with van der Waals surface area (Å²) >= 11 is 0. The molecule has 4 heteroatoms. The van der Waals surface area contributed by atoms with Gasteiger partial charge < -0.3 is 19.3 Å². The lowest BCUT2D eigenvalue weighted by Gasteiger charge is -2.25. The Balaban J connectivity index is 1.30. The van der Waals surface area contributed by atoms with Crippen LogP contribution in [-0.4, -0.2) is 26.3 Å². The number of hydrogen-bond donors (Lipinski definition) is 0. The number of hydrogen-bond acceptors (Lipinski definition) is 4. The Morgan fingerprint density at radius 3 is 1.47 bits per heavy atom. The summed E-state index contributed by atoms with van der Waals surface area (Å²) in [7, 11) is 0. The number of ether oxygens (including phenoxy) is 2. The maximum atomic E-state index is 5.77. The standard InChI is InChI=1S/C26H28N2O2/c1-3-7-25-23(5-1)19-29-15-13-27(25)17-21-9-11-22(12-10-21)18-28-14-16-30-20-24-6-2-4-8-26(24)28/h1-12H,13-20H2. The van der Waals surface area contributed by atoms with Crippen LogP contribution < -0.4 is 9.80 Å². The Hall–Kier alpha value is -2.82. The summed E-state index contributed by atoms with van der Waals surface area (Å²) in [6.45, 7) is 6.58. The molecule has 154 valence electrons. The molecule has 0 saturated heterocycles. The summed E-state index contributed by atoms with van der Waals surface area (Å²) in [6.07, 6.45) is 0. The van der Waals surface area contributed by atoms with Gasteiger partial charge in [-0.15, -0.1) is 0 Å². The van der Waals surface area contributed by atoms with Crippen LogP contribution in [0.2, 0.25) is 0 Å². The van der Waals surface area contributed by atoms with Gasteiger partial charge in [-0.25, -0.2) is 0 Å². The van der Waals surface area contributed by atoms with Gasteiger partial charge in [0.15, 0.2) is 0 Å². The first-order valence-electron chi connectivity index (χ1n) is 10.8. The van der Waals surface area contributed by atoms with Crippen molar-refractivity contribution in [1.29, 1.82) is 0 Å². The van der Waals surface area contributed by atoms with Gasteiger partial charge in [0.25, 0.3) is 0 Å². The Labute approximate surface area is 178 Å². The van der Waals surface area contributed by atoms with E-state index in [1.807, 2.05) is 0 Å². The van der Waals surface area contributed by atoms with Crippen molar-refractivity contribution in [3.63, 3.8) is 0 Å². The summed E-state index contributed by atoms with van der Waals surface area (Å²) in [5.74, 6) is 0. The highest BCUT2D eigenvalue weighted by atomic mass is 16.5. The summed E-state index contributed by atoms with van der Waals surface area (Å²) in [4.78, 5) is 4.86. The molecule has 30 heavy (non-hydrogen) atoms. The van der Waals surface area contributed by atoms with Gasteiger partial charge in [-0.1, -0.05) is 60.7 Å². The van der Waals surface area contributed by atoms with Crippen LogP contribution in [0.15, 0.2) is 72.8 Å². The predicted molar refractivity (Wildman–Crippen MR) is 121 cm³/mol. The highest BCUT2D eigenvalue weighted by molar-refractivity contribution is 5.55. The zero-order valence-electron chi connectivity index (χ0n) is 17.3. The summed E-state index contributed by atoms with van der Waals surface area (Å²) in [6, 6.07) is 26.2.